The van der Waals surface area contributed by atoms with Crippen LogP contribution in [0.5, 0.6) is 0 Å². The van der Waals surface area contributed by atoms with Crippen molar-refractivity contribution in [2.75, 3.05) is 0 Å². The van der Waals surface area contributed by atoms with Gasteiger partial charge in [-0.05, 0) is 30.5 Å². The minimum Gasteiger partial charge on any atom is -0.444 e. The van der Waals surface area contributed by atoms with Crippen molar-refractivity contribution in [3.63, 3.8) is 0 Å². The second kappa shape index (κ2) is 6.40. The summed E-state index contributed by atoms with van der Waals surface area (Å²) in [6, 6.07) is 8.08. The van der Waals surface area contributed by atoms with Gasteiger partial charge in [0.05, 0.1) is 12.7 Å². The molecule has 1 aromatic heterocycles. The van der Waals surface area contributed by atoms with E-state index in [2.05, 4.69) is 30.7 Å². The van der Waals surface area contributed by atoms with E-state index in [0.717, 1.165) is 23.8 Å². The number of hydrogen-bond donors (Lipinski definition) is 1. The van der Waals surface area contributed by atoms with Gasteiger partial charge in [0, 0.05) is 23.6 Å². The highest BCUT2D eigenvalue weighted by Gasteiger charge is 2.30. The van der Waals surface area contributed by atoms with Crippen molar-refractivity contribution in [1.29, 1.82) is 0 Å². The summed E-state index contributed by atoms with van der Waals surface area (Å²) in [6.45, 7) is 7.89. The molecule has 2 N–H and O–H groups in total. The Morgan fingerprint density at radius 1 is 1.25 bits per heavy atom. The van der Waals surface area contributed by atoms with Crippen LogP contribution in [0.3, 0.4) is 0 Å². The molecular weight excluding hydrogens is 302 g/mol. The Bertz CT molecular complexity index is 709. The van der Waals surface area contributed by atoms with Crippen molar-refractivity contribution in [2.45, 2.75) is 58.2 Å². The summed E-state index contributed by atoms with van der Waals surface area (Å²) in [5.74, 6) is 1.29. The Hall–Kier alpha value is -2.14. The number of nitrogens with two attached hydrogens (primary N) is 1. The van der Waals surface area contributed by atoms with Crippen LogP contribution in [0.25, 0.3) is 0 Å². The summed E-state index contributed by atoms with van der Waals surface area (Å²) in [5.41, 5.74) is 6.97. The Morgan fingerprint density at radius 3 is 2.42 bits per heavy atom. The van der Waals surface area contributed by atoms with E-state index in [1.54, 1.807) is 12.1 Å². The van der Waals surface area contributed by atoms with Gasteiger partial charge in [-0.2, -0.15) is 0 Å². The van der Waals surface area contributed by atoms with Crippen molar-refractivity contribution in [3.8, 4) is 0 Å². The van der Waals surface area contributed by atoms with Gasteiger partial charge in [0.25, 0.3) is 0 Å². The van der Waals surface area contributed by atoms with Gasteiger partial charge in [-0.25, -0.2) is 4.98 Å². The van der Waals surface area contributed by atoms with Gasteiger partial charge >= 0.3 is 0 Å². The van der Waals surface area contributed by atoms with Crippen molar-refractivity contribution in [3.05, 3.63) is 53.2 Å². The third-order valence-corrected chi connectivity index (χ3v) is 4.32. The van der Waals surface area contributed by atoms with E-state index in [1.807, 2.05) is 18.3 Å². The first kappa shape index (κ1) is 16.7. The number of carbonyl (C=O) groups is 1. The van der Waals surface area contributed by atoms with Gasteiger partial charge in [0.1, 0.15) is 5.76 Å². The summed E-state index contributed by atoms with van der Waals surface area (Å²) in [5, 5.41) is 0. The summed E-state index contributed by atoms with van der Waals surface area (Å²) in [6.07, 6.45) is 4.26. The first-order chi connectivity index (χ1) is 11.3. The highest BCUT2D eigenvalue weighted by Crippen LogP contribution is 2.30. The van der Waals surface area contributed by atoms with Crippen LogP contribution in [0.15, 0.2) is 34.9 Å². The molecule has 2 aromatic rings. The van der Waals surface area contributed by atoms with Crippen LogP contribution in [-0.2, 0) is 18.5 Å². The predicted molar refractivity (Wildman–Crippen MR) is 92.4 cm³/mol. The summed E-state index contributed by atoms with van der Waals surface area (Å²) in [7, 11) is 0. The van der Waals surface area contributed by atoms with Crippen molar-refractivity contribution >= 4 is 5.91 Å². The molecule has 0 unspecified atom stereocenters. The number of hydrogen-bond acceptors (Lipinski definition) is 4. The second-order valence-corrected chi connectivity index (χ2v) is 7.57. The van der Waals surface area contributed by atoms with Gasteiger partial charge in [-0.3, -0.25) is 9.69 Å². The maximum atomic E-state index is 11.2. The lowest BCUT2D eigenvalue weighted by Gasteiger charge is -2.20. The first-order valence-corrected chi connectivity index (χ1v) is 8.41. The molecule has 1 aliphatic rings. The Labute approximate surface area is 142 Å². The number of oxazole rings is 1. The molecule has 0 bridgehead atoms. The van der Waals surface area contributed by atoms with Crippen LogP contribution in [0, 0.1) is 0 Å². The van der Waals surface area contributed by atoms with E-state index in [9.17, 15) is 4.79 Å². The van der Waals surface area contributed by atoms with Gasteiger partial charge in [-0.1, -0.05) is 32.9 Å². The van der Waals surface area contributed by atoms with Gasteiger partial charge in [0.15, 0.2) is 0 Å². The molecule has 0 saturated heterocycles. The molecule has 1 heterocycles. The number of primary amides is 1. The van der Waals surface area contributed by atoms with E-state index in [4.69, 9.17) is 10.2 Å². The average Bonchev–Trinajstić information content (AvgIpc) is 3.25. The number of nitrogens with zero attached hydrogens (tertiary/aromatic N) is 2. The quantitative estimate of drug-likeness (QED) is 0.884. The van der Waals surface area contributed by atoms with Crippen molar-refractivity contribution in [2.24, 2.45) is 5.73 Å². The Morgan fingerprint density at radius 2 is 1.92 bits per heavy atom. The van der Waals surface area contributed by atoms with E-state index < -0.39 is 5.91 Å². The standard InChI is InChI=1S/C19H25N3O2/c1-19(2,3)16-10-21-17(24-16)12-22(15-8-9-15)11-13-4-6-14(7-5-13)18(20)23/h4-7,10,15H,8-9,11-12H2,1-3H3,(H2,20,23). The van der Waals surface area contributed by atoms with Crippen LogP contribution >= 0.6 is 0 Å². The lowest BCUT2D eigenvalue weighted by atomic mass is 9.94. The number of benzene rings is 1. The van der Waals surface area contributed by atoms with Crippen LogP contribution in [0.2, 0.25) is 0 Å². The minimum absolute atomic E-state index is 0.0275. The first-order valence-electron chi connectivity index (χ1n) is 8.41. The molecule has 1 amide bonds. The molecule has 0 spiro atoms. The molecule has 0 radical (unpaired) electrons. The minimum atomic E-state index is -0.393. The van der Waals surface area contributed by atoms with Crippen molar-refractivity contribution in [1.82, 2.24) is 9.88 Å². The molecule has 0 atom stereocenters. The summed E-state index contributed by atoms with van der Waals surface area (Å²) >= 11 is 0. The smallest absolute Gasteiger partial charge is 0.248 e. The zero-order valence-electron chi connectivity index (χ0n) is 14.6. The molecule has 1 aromatic carbocycles. The van der Waals surface area contributed by atoms with E-state index in [1.165, 1.54) is 12.8 Å². The number of aromatic nitrogens is 1. The van der Waals surface area contributed by atoms with Gasteiger partial charge < -0.3 is 10.2 Å². The highest BCUT2D eigenvalue weighted by atomic mass is 16.4. The summed E-state index contributed by atoms with van der Waals surface area (Å²) < 4.78 is 5.93. The van der Waals surface area contributed by atoms with E-state index >= 15 is 0 Å². The maximum Gasteiger partial charge on any atom is 0.248 e. The average molecular weight is 327 g/mol. The number of amides is 1. The largest absolute Gasteiger partial charge is 0.444 e. The van der Waals surface area contributed by atoms with Gasteiger partial charge in [-0.15, -0.1) is 0 Å². The fourth-order valence-corrected chi connectivity index (χ4v) is 2.67. The lowest BCUT2D eigenvalue weighted by Crippen LogP contribution is -2.25. The summed E-state index contributed by atoms with van der Waals surface area (Å²) in [4.78, 5) is 18.0. The molecule has 5 nitrogen and oxygen atoms in total. The van der Waals surface area contributed by atoms with Crippen molar-refractivity contribution < 1.29 is 9.21 Å². The third kappa shape index (κ3) is 4.03. The molecule has 0 aliphatic heterocycles. The Kier molecular flexibility index (Phi) is 4.45. The van der Waals surface area contributed by atoms with Crippen LogP contribution in [0.4, 0.5) is 0 Å². The fraction of sp³-hybridized carbons (Fsp3) is 0.474. The number of carbonyl (C=O) groups excluding carboxylic acids is 1. The van der Waals surface area contributed by atoms with Crippen LogP contribution < -0.4 is 5.73 Å². The normalized spacial score (nSPS) is 15.0. The number of rotatable bonds is 6. The molecule has 1 fully saturated rings. The predicted octanol–water partition coefficient (Wildman–Crippen LogP) is 3.24. The van der Waals surface area contributed by atoms with Crippen LogP contribution in [0.1, 0.15) is 61.2 Å². The fourth-order valence-electron chi connectivity index (χ4n) is 2.67. The third-order valence-electron chi connectivity index (χ3n) is 4.32. The Balaban J connectivity index is 1.69. The van der Waals surface area contributed by atoms with Gasteiger partial charge in [0.2, 0.25) is 11.8 Å². The molecule has 1 aliphatic carbocycles. The highest BCUT2D eigenvalue weighted by molar-refractivity contribution is 5.92. The van der Waals surface area contributed by atoms with E-state index in [-0.39, 0.29) is 5.41 Å². The lowest BCUT2D eigenvalue weighted by molar-refractivity contribution is 0.100. The SMILES string of the molecule is CC(C)(C)c1cnc(CN(Cc2ccc(C(N)=O)cc2)C2CC2)o1. The molecular formula is C19H25N3O2. The molecule has 24 heavy (non-hydrogen) atoms. The zero-order valence-corrected chi connectivity index (χ0v) is 14.6. The second-order valence-electron chi connectivity index (χ2n) is 7.57. The molecule has 3 rings (SSSR count). The monoisotopic (exact) mass is 327 g/mol. The topological polar surface area (TPSA) is 72.4 Å². The molecule has 1 saturated carbocycles. The maximum absolute atomic E-state index is 11.2. The molecule has 5 heteroatoms. The van der Waals surface area contributed by atoms with Crippen LogP contribution in [-0.4, -0.2) is 21.8 Å². The zero-order chi connectivity index (χ0) is 17.3. The van der Waals surface area contributed by atoms with E-state index in [0.29, 0.717) is 18.2 Å². The molecule has 128 valence electrons.